The quantitative estimate of drug-likeness (QED) is 0.930. The summed E-state index contributed by atoms with van der Waals surface area (Å²) in [6.45, 7) is 3.58. The van der Waals surface area contributed by atoms with Gasteiger partial charge in [0.1, 0.15) is 5.82 Å². The molecule has 1 heterocycles. The average Bonchev–Trinajstić information content (AvgIpc) is 2.47. The molecule has 1 aromatic rings. The molecule has 0 spiro atoms. The maximum atomic E-state index is 13.2. The minimum atomic E-state index is -0.201. The standard InChI is InChI=1S/C16H24FN3O/c1-12(13-5-4-6-14(17)11-13)18-15-7-9-20(10-8-15)16(21)19(2)3/h4-6,11-12,15,18H,7-10H2,1-3H3/t12-/m1/s1. The van der Waals surface area contributed by atoms with Crippen molar-refractivity contribution >= 4 is 6.03 Å². The lowest BCUT2D eigenvalue weighted by Gasteiger charge is -2.35. The van der Waals surface area contributed by atoms with E-state index in [1.165, 1.54) is 6.07 Å². The van der Waals surface area contributed by atoms with Crippen molar-refractivity contribution in [1.29, 1.82) is 0 Å². The number of nitrogens with one attached hydrogen (secondary N) is 1. The first-order valence-corrected chi connectivity index (χ1v) is 7.45. The van der Waals surface area contributed by atoms with Crippen LogP contribution in [0.4, 0.5) is 9.18 Å². The first-order chi connectivity index (χ1) is 9.97. The Morgan fingerprint density at radius 1 is 1.38 bits per heavy atom. The predicted molar refractivity (Wildman–Crippen MR) is 81.6 cm³/mol. The number of benzene rings is 1. The van der Waals surface area contributed by atoms with E-state index in [9.17, 15) is 9.18 Å². The Kier molecular flexibility index (Phi) is 5.17. The summed E-state index contributed by atoms with van der Waals surface area (Å²) in [5, 5.41) is 3.53. The number of carbonyl (C=O) groups is 1. The lowest BCUT2D eigenvalue weighted by molar-refractivity contribution is 0.151. The number of rotatable bonds is 3. The van der Waals surface area contributed by atoms with Gasteiger partial charge in [-0.3, -0.25) is 0 Å². The lowest BCUT2D eigenvalue weighted by atomic mass is 10.0. The van der Waals surface area contributed by atoms with Gasteiger partial charge in [-0.1, -0.05) is 12.1 Å². The molecule has 2 amide bonds. The van der Waals surface area contributed by atoms with Gasteiger partial charge in [0, 0.05) is 39.3 Å². The van der Waals surface area contributed by atoms with Crippen LogP contribution < -0.4 is 5.32 Å². The number of hydrogen-bond donors (Lipinski definition) is 1. The summed E-state index contributed by atoms with van der Waals surface area (Å²) in [7, 11) is 3.55. The van der Waals surface area contributed by atoms with E-state index in [1.54, 1.807) is 31.1 Å². The average molecular weight is 293 g/mol. The monoisotopic (exact) mass is 293 g/mol. The molecule has 0 unspecified atom stereocenters. The summed E-state index contributed by atoms with van der Waals surface area (Å²) >= 11 is 0. The molecule has 1 fully saturated rings. The molecule has 0 saturated carbocycles. The molecule has 0 aliphatic carbocycles. The van der Waals surface area contributed by atoms with Gasteiger partial charge in [-0.2, -0.15) is 0 Å². The van der Waals surface area contributed by atoms with Crippen LogP contribution in [-0.4, -0.2) is 49.1 Å². The van der Waals surface area contributed by atoms with Crippen LogP contribution in [0.3, 0.4) is 0 Å². The fourth-order valence-electron chi connectivity index (χ4n) is 2.75. The van der Waals surface area contributed by atoms with Crippen molar-refractivity contribution < 1.29 is 9.18 Å². The van der Waals surface area contributed by atoms with E-state index >= 15 is 0 Å². The number of amides is 2. The Bertz CT molecular complexity index is 484. The highest BCUT2D eigenvalue weighted by Crippen LogP contribution is 2.18. The second kappa shape index (κ2) is 6.89. The van der Waals surface area contributed by atoms with Gasteiger partial charge in [0.2, 0.25) is 0 Å². The number of piperidine rings is 1. The molecule has 4 nitrogen and oxygen atoms in total. The van der Waals surface area contributed by atoms with Gasteiger partial charge < -0.3 is 15.1 Å². The molecule has 1 aromatic carbocycles. The van der Waals surface area contributed by atoms with E-state index in [0.717, 1.165) is 31.5 Å². The zero-order valence-corrected chi connectivity index (χ0v) is 13.0. The fourth-order valence-corrected chi connectivity index (χ4v) is 2.75. The van der Waals surface area contributed by atoms with Gasteiger partial charge in [0.15, 0.2) is 0 Å². The fraction of sp³-hybridized carbons (Fsp3) is 0.562. The van der Waals surface area contributed by atoms with Crippen LogP contribution in [0.5, 0.6) is 0 Å². The van der Waals surface area contributed by atoms with E-state index in [4.69, 9.17) is 0 Å². The minimum absolute atomic E-state index is 0.0756. The first-order valence-electron chi connectivity index (χ1n) is 7.45. The van der Waals surface area contributed by atoms with Crippen LogP contribution >= 0.6 is 0 Å². The molecular weight excluding hydrogens is 269 g/mol. The Morgan fingerprint density at radius 3 is 2.62 bits per heavy atom. The lowest BCUT2D eigenvalue weighted by Crippen LogP contribution is -2.48. The van der Waals surface area contributed by atoms with Crippen LogP contribution in [0.25, 0.3) is 0 Å². The molecule has 1 aliphatic heterocycles. The molecule has 1 saturated heterocycles. The maximum absolute atomic E-state index is 13.2. The number of halogens is 1. The van der Waals surface area contributed by atoms with Crippen molar-refractivity contribution in [2.75, 3.05) is 27.2 Å². The number of carbonyl (C=O) groups excluding carboxylic acids is 1. The van der Waals surface area contributed by atoms with Gasteiger partial charge in [0.25, 0.3) is 0 Å². The van der Waals surface area contributed by atoms with E-state index in [1.807, 2.05) is 17.9 Å². The highest BCUT2D eigenvalue weighted by atomic mass is 19.1. The molecule has 0 bridgehead atoms. The molecule has 21 heavy (non-hydrogen) atoms. The van der Waals surface area contributed by atoms with Crippen LogP contribution in [0, 0.1) is 5.82 Å². The Labute approximate surface area is 125 Å². The van der Waals surface area contributed by atoms with Gasteiger partial charge in [-0.15, -0.1) is 0 Å². The van der Waals surface area contributed by atoms with Crippen LogP contribution in [-0.2, 0) is 0 Å². The van der Waals surface area contributed by atoms with Crippen molar-refractivity contribution in [2.24, 2.45) is 0 Å². The van der Waals surface area contributed by atoms with E-state index in [-0.39, 0.29) is 17.9 Å². The smallest absolute Gasteiger partial charge is 0.319 e. The number of urea groups is 1. The molecule has 5 heteroatoms. The summed E-state index contributed by atoms with van der Waals surface area (Å²) in [5.41, 5.74) is 0.960. The molecule has 116 valence electrons. The van der Waals surface area contributed by atoms with Crippen LogP contribution in [0.15, 0.2) is 24.3 Å². The maximum Gasteiger partial charge on any atom is 0.319 e. The minimum Gasteiger partial charge on any atom is -0.331 e. The largest absolute Gasteiger partial charge is 0.331 e. The highest BCUT2D eigenvalue weighted by Gasteiger charge is 2.24. The number of hydrogen-bond acceptors (Lipinski definition) is 2. The molecule has 1 aliphatic rings. The summed E-state index contributed by atoms with van der Waals surface area (Å²) in [6, 6.07) is 7.26. The molecule has 1 atom stereocenters. The van der Waals surface area contributed by atoms with Crippen LogP contribution in [0.1, 0.15) is 31.4 Å². The van der Waals surface area contributed by atoms with Gasteiger partial charge >= 0.3 is 6.03 Å². The second-order valence-corrected chi connectivity index (χ2v) is 5.88. The summed E-state index contributed by atoms with van der Waals surface area (Å²) < 4.78 is 13.2. The Morgan fingerprint density at radius 2 is 2.05 bits per heavy atom. The Balaban J connectivity index is 1.85. The normalized spacial score (nSPS) is 17.6. The van der Waals surface area contributed by atoms with Crippen molar-refractivity contribution in [3.63, 3.8) is 0 Å². The predicted octanol–water partition coefficient (Wildman–Crippen LogP) is 2.62. The van der Waals surface area contributed by atoms with E-state index in [2.05, 4.69) is 5.32 Å². The zero-order valence-electron chi connectivity index (χ0n) is 13.0. The SMILES string of the molecule is C[C@@H](NC1CCN(C(=O)N(C)C)CC1)c1cccc(F)c1. The topological polar surface area (TPSA) is 35.6 Å². The van der Waals surface area contributed by atoms with Crippen molar-refractivity contribution in [2.45, 2.75) is 31.8 Å². The second-order valence-electron chi connectivity index (χ2n) is 5.88. The van der Waals surface area contributed by atoms with Gasteiger partial charge in [0.05, 0.1) is 0 Å². The first kappa shape index (κ1) is 15.8. The summed E-state index contributed by atoms with van der Waals surface area (Å²) in [5.74, 6) is -0.201. The molecule has 0 aromatic heterocycles. The molecule has 1 N–H and O–H groups in total. The Hall–Kier alpha value is -1.62. The summed E-state index contributed by atoms with van der Waals surface area (Å²) in [6.07, 6.45) is 1.86. The van der Waals surface area contributed by atoms with Crippen LogP contribution in [0.2, 0.25) is 0 Å². The summed E-state index contributed by atoms with van der Waals surface area (Å²) in [4.78, 5) is 15.4. The number of nitrogens with zero attached hydrogens (tertiary/aromatic N) is 2. The molecule has 0 radical (unpaired) electrons. The highest BCUT2D eigenvalue weighted by molar-refractivity contribution is 5.73. The van der Waals surface area contributed by atoms with E-state index < -0.39 is 0 Å². The molecule has 2 rings (SSSR count). The third-order valence-corrected chi connectivity index (χ3v) is 3.98. The van der Waals surface area contributed by atoms with Crippen molar-refractivity contribution in [3.8, 4) is 0 Å². The van der Waals surface area contributed by atoms with Crippen molar-refractivity contribution in [1.82, 2.24) is 15.1 Å². The number of likely N-dealkylation sites (tertiary alicyclic amines) is 1. The zero-order chi connectivity index (χ0) is 15.4. The molecular formula is C16H24FN3O. The third-order valence-electron chi connectivity index (χ3n) is 3.98. The van der Waals surface area contributed by atoms with Gasteiger partial charge in [-0.05, 0) is 37.5 Å². The van der Waals surface area contributed by atoms with Crippen molar-refractivity contribution in [3.05, 3.63) is 35.6 Å². The van der Waals surface area contributed by atoms with E-state index in [0.29, 0.717) is 6.04 Å². The van der Waals surface area contributed by atoms with Gasteiger partial charge in [-0.25, -0.2) is 9.18 Å². The third kappa shape index (κ3) is 4.17.